The zero-order valence-corrected chi connectivity index (χ0v) is 18.1. The Bertz CT molecular complexity index is 1010. The number of fused-ring (bicyclic) bond motifs is 1. The van der Waals surface area contributed by atoms with Crippen LogP contribution >= 0.6 is 11.3 Å². The number of anilines is 2. The van der Waals surface area contributed by atoms with Crippen molar-refractivity contribution in [2.24, 2.45) is 0 Å². The fourth-order valence-electron chi connectivity index (χ4n) is 3.57. The van der Waals surface area contributed by atoms with E-state index in [0.717, 1.165) is 60.4 Å². The maximum atomic E-state index is 5.48. The summed E-state index contributed by atoms with van der Waals surface area (Å²) in [7, 11) is 3.27. The Morgan fingerprint density at radius 3 is 2.59 bits per heavy atom. The lowest BCUT2D eigenvalue weighted by molar-refractivity contribution is -0.922. The molecule has 0 spiro atoms. The van der Waals surface area contributed by atoms with Gasteiger partial charge in [0.1, 0.15) is 30.3 Å². The molecule has 154 valence electrons. The minimum Gasteiger partial charge on any atom is -0.493 e. The lowest BCUT2D eigenvalue weighted by Gasteiger charge is -2.23. The summed E-state index contributed by atoms with van der Waals surface area (Å²) in [6, 6.07) is 5.79. The van der Waals surface area contributed by atoms with Gasteiger partial charge in [0.05, 0.1) is 32.8 Å². The molecular formula is C21H27N4O3S+. The molecule has 1 saturated heterocycles. The molecule has 29 heavy (non-hydrogen) atoms. The second kappa shape index (κ2) is 8.52. The van der Waals surface area contributed by atoms with E-state index in [0.29, 0.717) is 11.5 Å². The van der Waals surface area contributed by atoms with Gasteiger partial charge in [0.15, 0.2) is 17.3 Å². The van der Waals surface area contributed by atoms with Crippen molar-refractivity contribution in [3.63, 3.8) is 0 Å². The number of benzene rings is 1. The number of ether oxygens (including phenoxy) is 3. The van der Waals surface area contributed by atoms with Crippen LogP contribution in [0.15, 0.2) is 18.2 Å². The average molecular weight is 416 g/mol. The molecule has 2 aromatic heterocycles. The van der Waals surface area contributed by atoms with Gasteiger partial charge in [-0.3, -0.25) is 0 Å². The van der Waals surface area contributed by atoms with E-state index in [9.17, 15) is 0 Å². The molecule has 0 atom stereocenters. The first-order valence-electron chi connectivity index (χ1n) is 9.76. The molecule has 0 bridgehead atoms. The molecule has 0 aliphatic carbocycles. The Hall–Kier alpha value is -2.42. The fourth-order valence-corrected chi connectivity index (χ4v) is 4.62. The summed E-state index contributed by atoms with van der Waals surface area (Å²) in [6.45, 7) is 8.64. The van der Waals surface area contributed by atoms with Crippen LogP contribution < -0.4 is 19.7 Å². The number of thiophene rings is 1. The van der Waals surface area contributed by atoms with Gasteiger partial charge in [-0.1, -0.05) is 0 Å². The first-order valence-corrected chi connectivity index (χ1v) is 10.6. The Balaban J connectivity index is 1.71. The van der Waals surface area contributed by atoms with Crippen molar-refractivity contribution in [1.82, 2.24) is 9.97 Å². The zero-order valence-electron chi connectivity index (χ0n) is 17.3. The van der Waals surface area contributed by atoms with Gasteiger partial charge in [0.25, 0.3) is 0 Å². The minimum atomic E-state index is 0.680. The summed E-state index contributed by atoms with van der Waals surface area (Å²) >= 11 is 1.72. The highest BCUT2D eigenvalue weighted by Crippen LogP contribution is 2.36. The molecule has 0 saturated carbocycles. The molecule has 0 amide bonds. The number of aromatic nitrogens is 2. The van der Waals surface area contributed by atoms with Gasteiger partial charge in [-0.2, -0.15) is 0 Å². The van der Waals surface area contributed by atoms with Crippen molar-refractivity contribution >= 4 is 33.1 Å². The number of nitrogens with one attached hydrogen (secondary N) is 2. The molecule has 7 nitrogen and oxygen atoms in total. The number of hydrogen-bond acceptors (Lipinski definition) is 7. The predicted molar refractivity (Wildman–Crippen MR) is 115 cm³/mol. The van der Waals surface area contributed by atoms with Gasteiger partial charge in [0.2, 0.25) is 0 Å². The van der Waals surface area contributed by atoms with Crippen LogP contribution in [0.2, 0.25) is 0 Å². The van der Waals surface area contributed by atoms with Gasteiger partial charge >= 0.3 is 0 Å². The number of nitrogens with zero attached hydrogens (tertiary/aromatic N) is 2. The van der Waals surface area contributed by atoms with Crippen molar-refractivity contribution in [3.8, 4) is 11.5 Å². The van der Waals surface area contributed by atoms with Crippen LogP contribution in [0, 0.1) is 13.8 Å². The Labute approximate surface area is 174 Å². The normalized spacial score (nSPS) is 14.9. The van der Waals surface area contributed by atoms with Crippen LogP contribution in [0.25, 0.3) is 10.2 Å². The summed E-state index contributed by atoms with van der Waals surface area (Å²) < 4.78 is 16.3. The third kappa shape index (κ3) is 4.14. The largest absolute Gasteiger partial charge is 0.493 e. The number of quaternary nitrogens is 1. The molecule has 1 fully saturated rings. The maximum Gasteiger partial charge on any atom is 0.187 e. The molecule has 1 aliphatic heterocycles. The maximum absolute atomic E-state index is 5.48. The Morgan fingerprint density at radius 1 is 1.10 bits per heavy atom. The van der Waals surface area contributed by atoms with E-state index < -0.39 is 0 Å². The summed E-state index contributed by atoms with van der Waals surface area (Å²) in [4.78, 5) is 13.5. The SMILES string of the molecule is COc1ccc(Nc2nc(C[NH+]3CCOCC3)nc3sc(C)c(C)c23)cc1OC. The third-order valence-corrected chi connectivity index (χ3v) is 6.43. The molecule has 8 heteroatoms. The van der Waals surface area contributed by atoms with E-state index in [1.807, 2.05) is 18.2 Å². The number of rotatable bonds is 6. The minimum absolute atomic E-state index is 0.680. The van der Waals surface area contributed by atoms with Crippen molar-refractivity contribution < 1.29 is 19.1 Å². The first-order chi connectivity index (χ1) is 14.1. The first kappa shape index (κ1) is 19.9. The molecule has 4 rings (SSSR count). The summed E-state index contributed by atoms with van der Waals surface area (Å²) in [6.07, 6.45) is 0. The van der Waals surface area contributed by atoms with Crippen LogP contribution in [0.4, 0.5) is 11.5 Å². The van der Waals surface area contributed by atoms with Crippen LogP contribution in [-0.4, -0.2) is 50.5 Å². The highest BCUT2D eigenvalue weighted by atomic mass is 32.1. The smallest absolute Gasteiger partial charge is 0.187 e. The molecule has 0 radical (unpaired) electrons. The molecule has 3 aromatic rings. The van der Waals surface area contributed by atoms with E-state index in [-0.39, 0.29) is 0 Å². The Kier molecular flexibility index (Phi) is 5.84. The number of methoxy groups -OCH3 is 2. The van der Waals surface area contributed by atoms with Crippen LogP contribution in [0.5, 0.6) is 11.5 Å². The standard InChI is InChI=1S/C21H26N4O3S/c1-13-14(2)29-21-19(13)20(22-15-5-6-16(26-3)17(11-15)27-4)23-18(24-21)12-25-7-9-28-10-8-25/h5-6,11H,7-10,12H2,1-4H3,(H,22,23,24)/p+1. The summed E-state index contributed by atoms with van der Waals surface area (Å²) in [5.41, 5.74) is 2.12. The van der Waals surface area contributed by atoms with E-state index >= 15 is 0 Å². The van der Waals surface area contributed by atoms with Crippen molar-refractivity contribution in [3.05, 3.63) is 34.5 Å². The highest BCUT2D eigenvalue weighted by Gasteiger charge is 2.20. The van der Waals surface area contributed by atoms with Crippen molar-refractivity contribution in [2.75, 3.05) is 45.8 Å². The monoisotopic (exact) mass is 415 g/mol. The number of hydrogen-bond donors (Lipinski definition) is 2. The van der Waals surface area contributed by atoms with Gasteiger partial charge in [-0.25, -0.2) is 9.97 Å². The second-order valence-corrected chi connectivity index (χ2v) is 8.39. The van der Waals surface area contributed by atoms with Gasteiger partial charge in [-0.05, 0) is 31.5 Å². The van der Waals surface area contributed by atoms with E-state index in [4.69, 9.17) is 24.2 Å². The number of aryl methyl sites for hydroxylation is 2. The van der Waals surface area contributed by atoms with Gasteiger partial charge < -0.3 is 24.4 Å². The van der Waals surface area contributed by atoms with Crippen LogP contribution in [0.1, 0.15) is 16.3 Å². The van der Waals surface area contributed by atoms with E-state index in [1.165, 1.54) is 15.3 Å². The average Bonchev–Trinajstić information content (AvgIpc) is 3.02. The second-order valence-electron chi connectivity index (χ2n) is 7.19. The Morgan fingerprint density at radius 2 is 1.86 bits per heavy atom. The summed E-state index contributed by atoms with van der Waals surface area (Å²) in [5, 5.41) is 4.58. The lowest BCUT2D eigenvalue weighted by atomic mass is 10.2. The quantitative estimate of drug-likeness (QED) is 0.645. The molecule has 0 unspecified atom stereocenters. The topological polar surface area (TPSA) is 69.9 Å². The van der Waals surface area contributed by atoms with Gasteiger partial charge in [-0.15, -0.1) is 11.3 Å². The zero-order chi connectivity index (χ0) is 20.4. The van der Waals surface area contributed by atoms with Gasteiger partial charge in [0, 0.05) is 16.6 Å². The number of morpholine rings is 1. The molecule has 2 N–H and O–H groups in total. The lowest BCUT2D eigenvalue weighted by Crippen LogP contribution is -3.12. The van der Waals surface area contributed by atoms with E-state index in [2.05, 4.69) is 19.2 Å². The molecular weight excluding hydrogens is 388 g/mol. The third-order valence-electron chi connectivity index (χ3n) is 5.33. The van der Waals surface area contributed by atoms with Crippen LogP contribution in [-0.2, 0) is 11.3 Å². The summed E-state index contributed by atoms with van der Waals surface area (Å²) in [5.74, 6) is 3.08. The molecule has 1 aliphatic rings. The van der Waals surface area contributed by atoms with Crippen molar-refractivity contribution in [1.29, 1.82) is 0 Å². The van der Waals surface area contributed by atoms with Crippen LogP contribution in [0.3, 0.4) is 0 Å². The fraction of sp³-hybridized carbons (Fsp3) is 0.429. The van der Waals surface area contributed by atoms with Crippen molar-refractivity contribution in [2.45, 2.75) is 20.4 Å². The van der Waals surface area contributed by atoms with E-state index in [1.54, 1.807) is 25.6 Å². The molecule has 1 aromatic carbocycles. The molecule has 3 heterocycles. The highest BCUT2D eigenvalue weighted by molar-refractivity contribution is 7.18. The predicted octanol–water partition coefficient (Wildman–Crippen LogP) is 2.48.